The minimum Gasteiger partial charge on any atom is -0.488 e. The van der Waals surface area contributed by atoms with Crippen LogP contribution in [-0.4, -0.2) is 36.5 Å². The molecule has 3 rings (SSSR count). The number of hydrogen-bond acceptors (Lipinski definition) is 2. The Morgan fingerprint density at radius 2 is 2.16 bits per heavy atom. The van der Waals surface area contributed by atoms with Crippen molar-refractivity contribution in [3.8, 4) is 5.75 Å². The number of benzene rings is 1. The first-order valence-corrected chi connectivity index (χ1v) is 7.31. The molecule has 1 unspecified atom stereocenters. The molecule has 0 bridgehead atoms. The van der Waals surface area contributed by atoms with Gasteiger partial charge in [-0.15, -0.1) is 11.6 Å². The van der Waals surface area contributed by atoms with Crippen LogP contribution in [0.2, 0.25) is 0 Å². The van der Waals surface area contributed by atoms with Crippen LogP contribution in [0.25, 0.3) is 0 Å². The molecule has 1 heterocycles. The second kappa shape index (κ2) is 5.29. The van der Waals surface area contributed by atoms with Gasteiger partial charge in [0.2, 0.25) is 0 Å². The largest absolute Gasteiger partial charge is 0.488 e. The number of ether oxygens (including phenoxy) is 1. The van der Waals surface area contributed by atoms with Crippen LogP contribution in [0.5, 0.6) is 5.75 Å². The maximum Gasteiger partial charge on any atom is 0.123 e. The Hall–Kier alpha value is -0.800. The van der Waals surface area contributed by atoms with Crippen LogP contribution in [-0.2, 0) is 6.42 Å². The SMILES string of the molecule is CN(CC1CC(Cl)C1)CC1Cc2cc(F)ccc2O1. The van der Waals surface area contributed by atoms with Crippen LogP contribution in [0.15, 0.2) is 18.2 Å². The van der Waals surface area contributed by atoms with Crippen LogP contribution in [0.3, 0.4) is 0 Å². The molecule has 19 heavy (non-hydrogen) atoms. The monoisotopic (exact) mass is 283 g/mol. The second-order valence-electron chi connectivity index (χ2n) is 5.85. The molecule has 0 aromatic heterocycles. The quantitative estimate of drug-likeness (QED) is 0.788. The number of rotatable bonds is 4. The van der Waals surface area contributed by atoms with Crippen LogP contribution in [0, 0.1) is 11.7 Å². The molecule has 1 fully saturated rings. The normalized spacial score (nSPS) is 28.9. The van der Waals surface area contributed by atoms with Gasteiger partial charge in [0.15, 0.2) is 0 Å². The molecule has 0 amide bonds. The fraction of sp³-hybridized carbons (Fsp3) is 0.600. The molecule has 1 aromatic rings. The van der Waals surface area contributed by atoms with Crippen LogP contribution in [0.1, 0.15) is 18.4 Å². The highest BCUT2D eigenvalue weighted by molar-refractivity contribution is 6.21. The summed E-state index contributed by atoms with van der Waals surface area (Å²) in [7, 11) is 2.12. The van der Waals surface area contributed by atoms with Crippen molar-refractivity contribution in [3.05, 3.63) is 29.6 Å². The van der Waals surface area contributed by atoms with E-state index in [1.807, 2.05) is 0 Å². The number of halogens is 2. The zero-order valence-electron chi connectivity index (χ0n) is 11.1. The Morgan fingerprint density at radius 3 is 2.89 bits per heavy atom. The summed E-state index contributed by atoms with van der Waals surface area (Å²) in [5.41, 5.74) is 0.989. The van der Waals surface area contributed by atoms with Gasteiger partial charge in [0, 0.05) is 30.5 Å². The van der Waals surface area contributed by atoms with Crippen LogP contribution >= 0.6 is 11.6 Å². The molecule has 4 heteroatoms. The Kier molecular flexibility index (Phi) is 3.68. The van der Waals surface area contributed by atoms with Gasteiger partial charge in [-0.2, -0.15) is 0 Å². The molecule has 0 radical (unpaired) electrons. The van der Waals surface area contributed by atoms with E-state index in [4.69, 9.17) is 16.3 Å². The predicted molar refractivity (Wildman–Crippen MR) is 74.4 cm³/mol. The predicted octanol–water partition coefficient (Wildman–Crippen LogP) is 3.08. The number of likely N-dealkylation sites (N-methyl/N-ethyl adjacent to an activating group) is 1. The zero-order chi connectivity index (χ0) is 13.4. The molecule has 104 valence electrons. The molecule has 1 atom stereocenters. The zero-order valence-corrected chi connectivity index (χ0v) is 11.9. The van der Waals surface area contributed by atoms with Crippen LogP contribution < -0.4 is 4.74 Å². The van der Waals surface area contributed by atoms with Gasteiger partial charge in [0.1, 0.15) is 17.7 Å². The van der Waals surface area contributed by atoms with E-state index in [2.05, 4.69) is 11.9 Å². The highest BCUT2D eigenvalue weighted by atomic mass is 35.5. The molecule has 2 aliphatic rings. The summed E-state index contributed by atoms with van der Waals surface area (Å²) < 4.78 is 19.0. The Morgan fingerprint density at radius 1 is 1.37 bits per heavy atom. The van der Waals surface area contributed by atoms with Crippen molar-refractivity contribution in [1.82, 2.24) is 4.90 Å². The Balaban J connectivity index is 1.50. The maximum absolute atomic E-state index is 13.1. The van der Waals surface area contributed by atoms with E-state index < -0.39 is 0 Å². The summed E-state index contributed by atoms with van der Waals surface area (Å²) >= 11 is 5.99. The highest BCUT2D eigenvalue weighted by Gasteiger charge is 2.30. The average molecular weight is 284 g/mol. The van der Waals surface area contributed by atoms with Crippen molar-refractivity contribution >= 4 is 11.6 Å². The van der Waals surface area contributed by atoms with Gasteiger partial charge in [-0.1, -0.05) is 0 Å². The standard InChI is InChI=1S/C15H19ClFNO/c1-18(8-10-4-12(16)5-10)9-14-7-11-6-13(17)2-3-15(11)19-14/h2-3,6,10,12,14H,4-5,7-9H2,1H3. The van der Waals surface area contributed by atoms with Crippen LogP contribution in [0.4, 0.5) is 4.39 Å². The van der Waals surface area contributed by atoms with E-state index in [0.29, 0.717) is 5.38 Å². The minimum absolute atomic E-state index is 0.147. The molecule has 0 spiro atoms. The fourth-order valence-corrected chi connectivity index (χ4v) is 3.56. The van der Waals surface area contributed by atoms with Gasteiger partial charge >= 0.3 is 0 Å². The van der Waals surface area contributed by atoms with Crippen molar-refractivity contribution in [2.24, 2.45) is 5.92 Å². The van der Waals surface area contributed by atoms with Gasteiger partial charge < -0.3 is 9.64 Å². The third-order valence-corrected chi connectivity index (χ3v) is 4.38. The molecule has 1 saturated carbocycles. The number of hydrogen-bond donors (Lipinski definition) is 0. The van der Waals surface area contributed by atoms with Crippen molar-refractivity contribution in [2.45, 2.75) is 30.7 Å². The first-order valence-electron chi connectivity index (χ1n) is 6.88. The summed E-state index contributed by atoms with van der Waals surface area (Å²) in [6.07, 6.45) is 3.21. The third kappa shape index (κ3) is 3.03. The van der Waals surface area contributed by atoms with E-state index in [1.165, 1.54) is 6.07 Å². The second-order valence-corrected chi connectivity index (χ2v) is 6.47. The molecule has 0 saturated heterocycles. The van der Waals surface area contributed by atoms with E-state index >= 15 is 0 Å². The molecule has 2 nitrogen and oxygen atoms in total. The third-order valence-electron chi connectivity index (χ3n) is 4.03. The minimum atomic E-state index is -0.182. The maximum atomic E-state index is 13.1. The lowest BCUT2D eigenvalue weighted by Crippen LogP contribution is -2.39. The first kappa shape index (κ1) is 13.2. The smallest absolute Gasteiger partial charge is 0.123 e. The van der Waals surface area contributed by atoms with Gasteiger partial charge in [-0.25, -0.2) is 4.39 Å². The van der Waals surface area contributed by atoms with E-state index in [1.54, 1.807) is 12.1 Å². The number of fused-ring (bicyclic) bond motifs is 1. The molecule has 0 N–H and O–H groups in total. The molecule has 1 aliphatic carbocycles. The van der Waals surface area contributed by atoms with Crippen molar-refractivity contribution in [1.29, 1.82) is 0 Å². The highest BCUT2D eigenvalue weighted by Crippen LogP contribution is 2.33. The van der Waals surface area contributed by atoms with Gasteiger partial charge in [0.25, 0.3) is 0 Å². The fourth-order valence-electron chi connectivity index (χ4n) is 3.06. The average Bonchev–Trinajstić information content (AvgIpc) is 2.68. The van der Waals surface area contributed by atoms with E-state index in [9.17, 15) is 4.39 Å². The van der Waals surface area contributed by atoms with Crippen molar-refractivity contribution in [3.63, 3.8) is 0 Å². The summed E-state index contributed by atoms with van der Waals surface area (Å²) in [6.45, 7) is 1.97. The molecule has 1 aliphatic heterocycles. The first-order chi connectivity index (χ1) is 9.10. The molecule has 1 aromatic carbocycles. The lowest BCUT2D eigenvalue weighted by molar-refractivity contribution is 0.139. The Bertz CT molecular complexity index is 461. The lowest BCUT2D eigenvalue weighted by Gasteiger charge is -2.34. The summed E-state index contributed by atoms with van der Waals surface area (Å²) in [6, 6.07) is 4.77. The summed E-state index contributed by atoms with van der Waals surface area (Å²) in [5.74, 6) is 1.39. The van der Waals surface area contributed by atoms with Gasteiger partial charge in [0.05, 0.1) is 0 Å². The lowest BCUT2D eigenvalue weighted by atomic mass is 9.84. The Labute approximate surface area is 118 Å². The topological polar surface area (TPSA) is 12.5 Å². The summed E-state index contributed by atoms with van der Waals surface area (Å²) in [5, 5.41) is 0.383. The van der Waals surface area contributed by atoms with E-state index in [-0.39, 0.29) is 11.9 Å². The van der Waals surface area contributed by atoms with Crippen molar-refractivity contribution in [2.75, 3.05) is 20.1 Å². The number of nitrogens with zero attached hydrogens (tertiary/aromatic N) is 1. The molecular weight excluding hydrogens is 265 g/mol. The molecular formula is C15H19ClFNO. The van der Waals surface area contributed by atoms with E-state index in [0.717, 1.165) is 49.6 Å². The summed E-state index contributed by atoms with van der Waals surface area (Å²) in [4.78, 5) is 2.31. The van der Waals surface area contributed by atoms with Gasteiger partial charge in [-0.05, 0) is 44.0 Å². The number of alkyl halides is 1. The van der Waals surface area contributed by atoms with Crippen molar-refractivity contribution < 1.29 is 9.13 Å². The van der Waals surface area contributed by atoms with Gasteiger partial charge in [-0.3, -0.25) is 0 Å².